The third kappa shape index (κ3) is 3.20. The zero-order valence-corrected chi connectivity index (χ0v) is 16.3. The highest BCUT2D eigenvalue weighted by Crippen LogP contribution is 2.38. The third-order valence-electron chi connectivity index (χ3n) is 5.14. The van der Waals surface area contributed by atoms with Crippen molar-refractivity contribution >= 4 is 44.7 Å². The van der Waals surface area contributed by atoms with E-state index in [0.29, 0.717) is 0 Å². The van der Waals surface area contributed by atoms with Crippen molar-refractivity contribution in [2.75, 3.05) is 5.32 Å². The van der Waals surface area contributed by atoms with Gasteiger partial charge in [0.1, 0.15) is 17.0 Å². The van der Waals surface area contributed by atoms with Crippen molar-refractivity contribution in [1.82, 2.24) is 9.97 Å². The van der Waals surface area contributed by atoms with Crippen LogP contribution >= 0.6 is 22.9 Å². The molecule has 5 heteroatoms. The lowest BCUT2D eigenvalue weighted by Gasteiger charge is -2.16. The van der Waals surface area contributed by atoms with Gasteiger partial charge in [-0.15, -0.1) is 11.3 Å². The van der Waals surface area contributed by atoms with Gasteiger partial charge < -0.3 is 5.32 Å². The molecule has 0 atom stereocenters. The van der Waals surface area contributed by atoms with Gasteiger partial charge in [-0.3, -0.25) is 0 Å². The van der Waals surface area contributed by atoms with Gasteiger partial charge in [0, 0.05) is 21.7 Å². The number of halogens is 1. The monoisotopic (exact) mass is 391 g/mol. The first-order chi connectivity index (χ1) is 13.3. The molecular weight excluding hydrogens is 374 g/mol. The molecule has 2 aromatic carbocycles. The molecule has 0 saturated carbocycles. The fourth-order valence-corrected chi connectivity index (χ4v) is 4.80. The average Bonchev–Trinajstić information content (AvgIpc) is 3.15. The molecule has 2 aromatic heterocycles. The molecule has 0 bridgehead atoms. The van der Waals surface area contributed by atoms with Gasteiger partial charge in [-0.1, -0.05) is 29.8 Å². The summed E-state index contributed by atoms with van der Waals surface area (Å²) < 4.78 is 0. The summed E-state index contributed by atoms with van der Waals surface area (Å²) in [6.07, 6.45) is 6.59. The van der Waals surface area contributed by atoms with Gasteiger partial charge in [-0.25, -0.2) is 9.97 Å². The normalized spacial score (nSPS) is 13.5. The van der Waals surface area contributed by atoms with Crippen LogP contribution in [0.5, 0.6) is 0 Å². The number of benzene rings is 2. The number of rotatable bonds is 3. The summed E-state index contributed by atoms with van der Waals surface area (Å²) in [5.74, 6) is 0.830. The van der Waals surface area contributed by atoms with Crippen LogP contribution in [-0.2, 0) is 12.8 Å². The van der Waals surface area contributed by atoms with E-state index in [-0.39, 0.29) is 0 Å². The molecule has 0 aliphatic heterocycles. The molecule has 4 aromatic rings. The number of hydrogen-bond donors (Lipinski definition) is 1. The maximum absolute atomic E-state index is 6.00. The van der Waals surface area contributed by atoms with Crippen molar-refractivity contribution in [2.45, 2.75) is 25.7 Å². The van der Waals surface area contributed by atoms with Crippen LogP contribution in [0, 0.1) is 0 Å². The second-order valence-electron chi connectivity index (χ2n) is 6.87. The van der Waals surface area contributed by atoms with Crippen molar-refractivity contribution in [3.05, 3.63) is 70.3 Å². The zero-order valence-electron chi connectivity index (χ0n) is 14.7. The number of hydrogen-bond acceptors (Lipinski definition) is 4. The van der Waals surface area contributed by atoms with Gasteiger partial charge in [0.15, 0.2) is 0 Å². The van der Waals surface area contributed by atoms with Crippen LogP contribution in [0.15, 0.2) is 54.2 Å². The van der Waals surface area contributed by atoms with Crippen molar-refractivity contribution in [3.8, 4) is 11.1 Å². The molecule has 5 rings (SSSR count). The number of fused-ring (bicyclic) bond motifs is 2. The molecule has 0 radical (unpaired) electrons. The van der Waals surface area contributed by atoms with Gasteiger partial charge in [0.05, 0.1) is 5.39 Å². The van der Waals surface area contributed by atoms with E-state index in [1.54, 1.807) is 17.7 Å². The van der Waals surface area contributed by atoms with Crippen LogP contribution < -0.4 is 5.32 Å². The van der Waals surface area contributed by atoms with E-state index < -0.39 is 0 Å². The number of nitrogens with one attached hydrogen (secondary N) is 1. The highest BCUT2D eigenvalue weighted by atomic mass is 35.5. The Morgan fingerprint density at radius 1 is 0.926 bits per heavy atom. The van der Waals surface area contributed by atoms with E-state index in [2.05, 4.69) is 38.9 Å². The number of thiophene rings is 1. The smallest absolute Gasteiger partial charge is 0.143 e. The molecule has 27 heavy (non-hydrogen) atoms. The Morgan fingerprint density at radius 2 is 1.74 bits per heavy atom. The standard InChI is InChI=1S/C22H18ClN3S/c23-17-7-9-18(10-8-17)26-21-20-19(12-27-22(20)25-13-24-21)16-6-5-14-3-1-2-4-15(14)11-16/h5-13H,1-4H2,(H,24,25,26). The SMILES string of the molecule is Clc1ccc(Nc2ncnc3scc(-c4ccc5c(c4)CCCC5)c23)cc1. The minimum Gasteiger partial charge on any atom is -0.340 e. The largest absolute Gasteiger partial charge is 0.340 e. The maximum atomic E-state index is 6.00. The zero-order chi connectivity index (χ0) is 18.2. The molecular formula is C22H18ClN3S. The fourth-order valence-electron chi connectivity index (χ4n) is 3.75. The van der Waals surface area contributed by atoms with Gasteiger partial charge >= 0.3 is 0 Å². The number of aromatic nitrogens is 2. The van der Waals surface area contributed by atoms with Gasteiger partial charge in [-0.2, -0.15) is 0 Å². The lowest BCUT2D eigenvalue weighted by Crippen LogP contribution is -2.02. The summed E-state index contributed by atoms with van der Waals surface area (Å²) in [5.41, 5.74) is 6.39. The quantitative estimate of drug-likeness (QED) is 0.425. The van der Waals surface area contributed by atoms with E-state index >= 15 is 0 Å². The maximum Gasteiger partial charge on any atom is 0.143 e. The molecule has 1 N–H and O–H groups in total. The van der Waals surface area contributed by atoms with E-state index in [1.165, 1.54) is 47.9 Å². The van der Waals surface area contributed by atoms with Crippen LogP contribution in [0.3, 0.4) is 0 Å². The Kier molecular flexibility index (Phi) is 4.30. The second-order valence-corrected chi connectivity index (χ2v) is 8.17. The van der Waals surface area contributed by atoms with Gasteiger partial charge in [0.25, 0.3) is 0 Å². The lowest BCUT2D eigenvalue weighted by molar-refractivity contribution is 0.686. The molecule has 0 unspecified atom stereocenters. The summed E-state index contributed by atoms with van der Waals surface area (Å²) in [6.45, 7) is 0. The highest BCUT2D eigenvalue weighted by molar-refractivity contribution is 7.17. The summed E-state index contributed by atoms with van der Waals surface area (Å²) in [4.78, 5) is 9.99. The van der Waals surface area contributed by atoms with Crippen molar-refractivity contribution in [3.63, 3.8) is 0 Å². The van der Waals surface area contributed by atoms with Crippen molar-refractivity contribution in [2.24, 2.45) is 0 Å². The van der Waals surface area contributed by atoms with Crippen LogP contribution in [0.4, 0.5) is 11.5 Å². The van der Waals surface area contributed by atoms with Crippen LogP contribution in [0.25, 0.3) is 21.3 Å². The molecule has 0 amide bonds. The van der Waals surface area contributed by atoms with Crippen LogP contribution in [0.1, 0.15) is 24.0 Å². The number of aryl methyl sites for hydroxylation is 2. The Morgan fingerprint density at radius 3 is 2.59 bits per heavy atom. The van der Waals surface area contributed by atoms with Crippen molar-refractivity contribution in [1.29, 1.82) is 0 Å². The Hall–Kier alpha value is -2.43. The minimum absolute atomic E-state index is 0.721. The first-order valence-electron chi connectivity index (χ1n) is 9.15. The molecule has 2 heterocycles. The molecule has 0 fully saturated rings. The molecule has 0 saturated heterocycles. The molecule has 134 valence electrons. The summed E-state index contributed by atoms with van der Waals surface area (Å²) >= 11 is 7.66. The minimum atomic E-state index is 0.721. The third-order valence-corrected chi connectivity index (χ3v) is 6.28. The van der Waals surface area contributed by atoms with E-state index in [9.17, 15) is 0 Å². The predicted molar refractivity (Wildman–Crippen MR) is 114 cm³/mol. The average molecular weight is 392 g/mol. The van der Waals surface area contributed by atoms with Crippen LogP contribution in [-0.4, -0.2) is 9.97 Å². The Balaban J connectivity index is 1.60. The molecule has 1 aliphatic rings. The summed E-state index contributed by atoms with van der Waals surface area (Å²) in [7, 11) is 0. The lowest BCUT2D eigenvalue weighted by atomic mass is 9.89. The van der Waals surface area contributed by atoms with E-state index in [0.717, 1.165) is 26.7 Å². The fraction of sp³-hybridized carbons (Fsp3) is 0.182. The van der Waals surface area contributed by atoms with E-state index in [4.69, 9.17) is 11.6 Å². The van der Waals surface area contributed by atoms with Crippen LogP contribution in [0.2, 0.25) is 5.02 Å². The summed E-state index contributed by atoms with van der Waals surface area (Å²) in [5, 5.41) is 7.42. The first-order valence-corrected chi connectivity index (χ1v) is 10.4. The predicted octanol–water partition coefficient (Wildman–Crippen LogP) is 6.63. The van der Waals surface area contributed by atoms with Gasteiger partial charge in [0.2, 0.25) is 0 Å². The highest BCUT2D eigenvalue weighted by Gasteiger charge is 2.16. The molecule has 0 spiro atoms. The molecule has 3 nitrogen and oxygen atoms in total. The van der Waals surface area contributed by atoms with Gasteiger partial charge in [-0.05, 0) is 66.6 Å². The Bertz CT molecular complexity index is 1120. The van der Waals surface area contributed by atoms with Crippen molar-refractivity contribution < 1.29 is 0 Å². The first kappa shape index (κ1) is 16.7. The Labute approximate surface area is 167 Å². The number of anilines is 2. The van der Waals surface area contributed by atoms with E-state index in [1.807, 2.05) is 24.3 Å². The topological polar surface area (TPSA) is 37.8 Å². The second kappa shape index (κ2) is 6.95. The summed E-state index contributed by atoms with van der Waals surface area (Å²) in [6, 6.07) is 14.6. The molecule has 1 aliphatic carbocycles. The number of nitrogens with zero attached hydrogens (tertiary/aromatic N) is 2.